The first-order valence-electron chi connectivity index (χ1n) is 4.08. The van der Waals surface area contributed by atoms with Crippen LogP contribution in [0.5, 0.6) is 0 Å². The molecule has 0 aliphatic rings. The van der Waals surface area contributed by atoms with E-state index in [1.165, 1.54) is 0 Å². The molecule has 0 aliphatic heterocycles. The number of nitrogens with one attached hydrogen (secondary N) is 1. The maximum Gasteiger partial charge on any atom is 0.229 e. The summed E-state index contributed by atoms with van der Waals surface area (Å²) < 4.78 is 26.4. The Morgan fingerprint density at radius 1 is 1.38 bits per heavy atom. The monoisotopic (exact) mass is 431 g/mol. The number of rotatable bonds is 3. The van der Waals surface area contributed by atoms with Crippen molar-refractivity contribution in [1.29, 1.82) is 0 Å². The molecular formula is C9H8Br3NO2S. The molecule has 0 aliphatic carbocycles. The summed E-state index contributed by atoms with van der Waals surface area (Å²) in [5, 5.41) is 0. The van der Waals surface area contributed by atoms with Crippen LogP contribution in [-0.4, -0.2) is 14.7 Å². The van der Waals surface area contributed by atoms with Gasteiger partial charge in [-0.25, -0.2) is 8.42 Å². The first-order valence-corrected chi connectivity index (χ1v) is 8.35. The Kier molecular flexibility index (Phi) is 5.03. The third kappa shape index (κ3) is 4.99. The van der Waals surface area contributed by atoms with Crippen molar-refractivity contribution >= 4 is 69.6 Å². The van der Waals surface area contributed by atoms with Crippen molar-refractivity contribution < 1.29 is 8.42 Å². The van der Waals surface area contributed by atoms with Crippen LogP contribution in [0.4, 0.5) is 5.69 Å². The fourth-order valence-electron chi connectivity index (χ4n) is 1.06. The number of anilines is 1. The Labute approximate surface area is 120 Å². The third-order valence-electron chi connectivity index (χ3n) is 1.57. The molecule has 0 bridgehead atoms. The van der Waals surface area contributed by atoms with Gasteiger partial charge in [-0.2, -0.15) is 0 Å². The van der Waals surface area contributed by atoms with Gasteiger partial charge in [0.1, 0.15) is 0 Å². The molecule has 1 aromatic carbocycles. The van der Waals surface area contributed by atoms with Crippen LogP contribution in [0.25, 0.3) is 6.08 Å². The molecule has 0 radical (unpaired) electrons. The molecule has 1 N–H and O–H groups in total. The maximum absolute atomic E-state index is 11.2. The molecule has 1 aromatic rings. The zero-order chi connectivity index (χ0) is 12.3. The van der Waals surface area contributed by atoms with Gasteiger partial charge in [-0.1, -0.05) is 15.9 Å². The summed E-state index contributed by atoms with van der Waals surface area (Å²) in [5.74, 6) is 0. The van der Waals surface area contributed by atoms with E-state index in [1.807, 2.05) is 6.07 Å². The van der Waals surface area contributed by atoms with Crippen molar-refractivity contribution in [3.8, 4) is 0 Å². The summed E-state index contributed by atoms with van der Waals surface area (Å²) in [4.78, 5) is 0. The van der Waals surface area contributed by atoms with Crippen LogP contribution in [0.2, 0.25) is 0 Å². The molecule has 0 fully saturated rings. The summed E-state index contributed by atoms with van der Waals surface area (Å²) in [5.41, 5.74) is 1.28. The molecule has 16 heavy (non-hydrogen) atoms. The van der Waals surface area contributed by atoms with E-state index in [-0.39, 0.29) is 0 Å². The van der Waals surface area contributed by atoms with Gasteiger partial charge in [0.25, 0.3) is 0 Å². The second-order valence-electron chi connectivity index (χ2n) is 3.04. The summed E-state index contributed by atoms with van der Waals surface area (Å²) in [6.07, 6.45) is 2.88. The van der Waals surface area contributed by atoms with E-state index in [0.29, 0.717) is 5.69 Å². The Bertz CT molecular complexity index is 522. The molecule has 0 amide bonds. The zero-order valence-corrected chi connectivity index (χ0v) is 13.7. The molecule has 0 aromatic heterocycles. The second kappa shape index (κ2) is 5.66. The summed E-state index contributed by atoms with van der Waals surface area (Å²) in [7, 11) is -3.27. The van der Waals surface area contributed by atoms with Gasteiger partial charge in [-0.05, 0) is 56.1 Å². The normalized spacial score (nSPS) is 11.0. The number of hydrogen-bond donors (Lipinski definition) is 1. The van der Waals surface area contributed by atoms with Gasteiger partial charge >= 0.3 is 0 Å². The van der Waals surface area contributed by atoms with Gasteiger partial charge in [0.2, 0.25) is 10.0 Å². The van der Waals surface area contributed by atoms with E-state index in [1.54, 1.807) is 18.2 Å². The van der Waals surface area contributed by atoms with Crippen molar-refractivity contribution in [3.63, 3.8) is 0 Å². The van der Waals surface area contributed by atoms with Gasteiger partial charge < -0.3 is 0 Å². The number of hydrogen-bond acceptors (Lipinski definition) is 2. The van der Waals surface area contributed by atoms with Crippen LogP contribution >= 0.6 is 47.8 Å². The van der Waals surface area contributed by atoms with Gasteiger partial charge in [-0.15, -0.1) is 0 Å². The Morgan fingerprint density at radius 3 is 2.50 bits per heavy atom. The lowest BCUT2D eigenvalue weighted by atomic mass is 10.2. The molecule has 0 saturated heterocycles. The highest BCUT2D eigenvalue weighted by Crippen LogP contribution is 2.27. The first-order chi connectivity index (χ1) is 7.28. The highest BCUT2D eigenvalue weighted by Gasteiger charge is 2.06. The topological polar surface area (TPSA) is 46.2 Å². The fourth-order valence-corrected chi connectivity index (χ4v) is 2.52. The molecule has 88 valence electrons. The van der Waals surface area contributed by atoms with Gasteiger partial charge in [-0.3, -0.25) is 4.72 Å². The Morgan fingerprint density at radius 2 is 2.00 bits per heavy atom. The van der Waals surface area contributed by atoms with Gasteiger partial charge in [0, 0.05) is 10.0 Å². The van der Waals surface area contributed by atoms with Crippen LogP contribution in [0, 0.1) is 0 Å². The smallest absolute Gasteiger partial charge is 0.229 e. The van der Waals surface area contributed by atoms with Crippen molar-refractivity contribution in [1.82, 2.24) is 0 Å². The number of benzene rings is 1. The second-order valence-corrected chi connectivity index (χ2v) is 8.48. The van der Waals surface area contributed by atoms with E-state index < -0.39 is 10.0 Å². The van der Waals surface area contributed by atoms with Gasteiger partial charge in [0.15, 0.2) is 0 Å². The molecule has 0 heterocycles. The zero-order valence-electron chi connectivity index (χ0n) is 8.17. The summed E-state index contributed by atoms with van der Waals surface area (Å²) >= 11 is 9.80. The minimum Gasteiger partial charge on any atom is -0.283 e. The first kappa shape index (κ1) is 14.2. The standard InChI is InChI=1S/C9H8Br3NO2S/c1-16(14,15)13-8-3-2-7(10)4-6(8)5-9(11)12/h2-5,13H,1H3. The largest absolute Gasteiger partial charge is 0.283 e. The summed E-state index contributed by atoms with van der Waals surface area (Å²) in [6, 6.07) is 5.28. The third-order valence-corrected chi connectivity index (χ3v) is 3.12. The SMILES string of the molecule is CS(=O)(=O)Nc1ccc(Br)cc1C=C(Br)Br. The lowest BCUT2D eigenvalue weighted by Gasteiger charge is -2.08. The molecule has 0 spiro atoms. The van der Waals surface area contributed by atoms with Crippen LogP contribution in [-0.2, 0) is 10.0 Å². The van der Waals surface area contributed by atoms with Crippen LogP contribution in [0.3, 0.4) is 0 Å². The fraction of sp³-hybridized carbons (Fsp3) is 0.111. The van der Waals surface area contributed by atoms with E-state index in [0.717, 1.165) is 19.7 Å². The minimum atomic E-state index is -3.27. The van der Waals surface area contributed by atoms with E-state index in [9.17, 15) is 8.42 Å². The number of halogens is 3. The molecule has 1 rings (SSSR count). The van der Waals surface area contributed by atoms with Crippen LogP contribution in [0.15, 0.2) is 26.1 Å². The van der Waals surface area contributed by atoms with Crippen LogP contribution < -0.4 is 4.72 Å². The molecule has 0 atom stereocenters. The highest BCUT2D eigenvalue weighted by molar-refractivity contribution is 9.28. The van der Waals surface area contributed by atoms with Crippen molar-refractivity contribution in [2.75, 3.05) is 11.0 Å². The van der Waals surface area contributed by atoms with Crippen LogP contribution in [0.1, 0.15) is 5.56 Å². The van der Waals surface area contributed by atoms with E-state index in [4.69, 9.17) is 0 Å². The molecular weight excluding hydrogens is 426 g/mol. The molecule has 7 heteroatoms. The molecule has 0 unspecified atom stereocenters. The highest BCUT2D eigenvalue weighted by atomic mass is 79.9. The Balaban J connectivity index is 3.23. The predicted octanol–water partition coefficient (Wildman–Crippen LogP) is 3.91. The van der Waals surface area contributed by atoms with Crippen molar-refractivity contribution in [3.05, 3.63) is 31.6 Å². The van der Waals surface area contributed by atoms with E-state index in [2.05, 4.69) is 52.5 Å². The number of sulfonamides is 1. The lowest BCUT2D eigenvalue weighted by molar-refractivity contribution is 0.607. The summed E-state index contributed by atoms with van der Waals surface area (Å²) in [6.45, 7) is 0. The average Bonchev–Trinajstić information content (AvgIpc) is 2.06. The Hall–Kier alpha value is 0.150. The van der Waals surface area contributed by atoms with Crippen molar-refractivity contribution in [2.45, 2.75) is 0 Å². The lowest BCUT2D eigenvalue weighted by Crippen LogP contribution is -2.10. The minimum absolute atomic E-state index is 0.530. The van der Waals surface area contributed by atoms with Crippen molar-refractivity contribution in [2.24, 2.45) is 0 Å². The average molecular weight is 434 g/mol. The molecule has 0 saturated carbocycles. The predicted molar refractivity (Wildman–Crippen MR) is 78.4 cm³/mol. The quantitative estimate of drug-likeness (QED) is 0.785. The molecule has 3 nitrogen and oxygen atoms in total. The van der Waals surface area contributed by atoms with E-state index >= 15 is 0 Å². The maximum atomic E-state index is 11.2. The van der Waals surface area contributed by atoms with Gasteiger partial charge in [0.05, 0.1) is 15.3 Å².